The van der Waals surface area contributed by atoms with Crippen molar-refractivity contribution in [2.75, 3.05) is 33.2 Å². The number of carbonyl (C=O) groups is 2. The Labute approximate surface area is 200 Å². The van der Waals surface area contributed by atoms with Crippen LogP contribution in [0, 0.1) is 0 Å². The fraction of sp³-hybridized carbons (Fsp3) is 0.200. The van der Waals surface area contributed by atoms with Crippen LogP contribution in [0.2, 0.25) is 0 Å². The van der Waals surface area contributed by atoms with Gasteiger partial charge in [-0.3, -0.25) is 9.59 Å². The Morgan fingerprint density at radius 3 is 2.27 bits per heavy atom. The van der Waals surface area contributed by atoms with Gasteiger partial charge in [0.05, 0.1) is 32.9 Å². The minimum absolute atomic E-state index is 0.137. The molecule has 1 aliphatic rings. The van der Waals surface area contributed by atoms with Crippen LogP contribution in [-0.2, 0) is 4.79 Å². The molecule has 1 atom stereocenters. The number of ether oxygens (including phenoxy) is 3. The Hall–Kier alpha value is -3.52. The second-order valence-electron chi connectivity index (χ2n) is 7.43. The molecule has 0 fully saturated rings. The van der Waals surface area contributed by atoms with Gasteiger partial charge in [0.25, 0.3) is 5.91 Å². The van der Waals surface area contributed by atoms with Crippen molar-refractivity contribution in [3.63, 3.8) is 0 Å². The monoisotopic (exact) mass is 510 g/mol. The van der Waals surface area contributed by atoms with Crippen molar-refractivity contribution in [1.29, 1.82) is 0 Å². The van der Waals surface area contributed by atoms with E-state index in [9.17, 15) is 9.59 Å². The number of hydrogen-bond acceptors (Lipinski definition) is 5. The van der Waals surface area contributed by atoms with E-state index in [1.165, 1.54) is 21.3 Å². The van der Waals surface area contributed by atoms with Gasteiger partial charge in [-0.2, -0.15) is 0 Å². The van der Waals surface area contributed by atoms with Crippen LogP contribution >= 0.6 is 15.9 Å². The van der Waals surface area contributed by atoms with Gasteiger partial charge >= 0.3 is 0 Å². The van der Waals surface area contributed by atoms with Crippen LogP contribution in [0.4, 0.5) is 5.69 Å². The molecule has 7 nitrogen and oxygen atoms in total. The minimum Gasteiger partial charge on any atom is -0.496 e. The van der Waals surface area contributed by atoms with Crippen LogP contribution in [-0.4, -0.2) is 44.6 Å². The minimum atomic E-state index is -0.511. The molecule has 0 saturated carbocycles. The van der Waals surface area contributed by atoms with Crippen LogP contribution < -0.4 is 19.5 Å². The number of benzene rings is 3. The highest BCUT2D eigenvalue weighted by Crippen LogP contribution is 2.40. The summed E-state index contributed by atoms with van der Waals surface area (Å²) in [4.78, 5) is 28.4. The number of halogens is 1. The number of hydrogen-bond donors (Lipinski definition) is 1. The third kappa shape index (κ3) is 4.39. The van der Waals surface area contributed by atoms with E-state index in [1.807, 2.05) is 48.5 Å². The van der Waals surface area contributed by atoms with E-state index in [0.29, 0.717) is 22.9 Å². The lowest BCUT2D eigenvalue weighted by Crippen LogP contribution is -2.39. The first-order chi connectivity index (χ1) is 16.0. The van der Waals surface area contributed by atoms with Crippen LogP contribution in [0.15, 0.2) is 65.1 Å². The van der Waals surface area contributed by atoms with Crippen molar-refractivity contribution >= 4 is 33.4 Å². The van der Waals surface area contributed by atoms with Crippen molar-refractivity contribution in [3.8, 4) is 17.2 Å². The standard InChI is InChI=1S/C25H23BrN2O5/c1-31-20-13-22(33-3)21(32-2)12-18(20)25(30)28-14-23(29)27-19-10-9-16(26)11-17(19)24(28)15-7-5-4-6-8-15/h4-13,24H,14H2,1-3H3,(H,27,29)/t24-/m0/s1. The van der Waals surface area contributed by atoms with Crippen molar-refractivity contribution in [1.82, 2.24) is 4.90 Å². The molecule has 3 aromatic rings. The smallest absolute Gasteiger partial charge is 0.259 e. The topological polar surface area (TPSA) is 77.1 Å². The number of nitrogens with zero attached hydrogens (tertiary/aromatic N) is 1. The number of amides is 2. The molecule has 0 saturated heterocycles. The number of fused-ring (bicyclic) bond motifs is 1. The highest BCUT2D eigenvalue weighted by Gasteiger charge is 2.35. The Kier molecular flexibility index (Phi) is 6.55. The maximum absolute atomic E-state index is 14.0. The first-order valence-electron chi connectivity index (χ1n) is 10.2. The van der Waals surface area contributed by atoms with Gasteiger partial charge in [-0.15, -0.1) is 0 Å². The number of nitrogens with one attached hydrogen (secondary N) is 1. The summed E-state index contributed by atoms with van der Waals surface area (Å²) in [5, 5.41) is 2.93. The zero-order chi connectivity index (χ0) is 23.5. The van der Waals surface area contributed by atoms with Gasteiger partial charge in [0.15, 0.2) is 11.5 Å². The molecule has 1 heterocycles. The summed E-state index contributed by atoms with van der Waals surface area (Å²) in [5.74, 6) is 0.492. The Balaban J connectivity index is 1.91. The molecule has 1 N–H and O–H groups in total. The Morgan fingerprint density at radius 1 is 0.939 bits per heavy atom. The highest BCUT2D eigenvalue weighted by atomic mass is 79.9. The molecule has 33 heavy (non-hydrogen) atoms. The molecule has 0 aromatic heterocycles. The van der Waals surface area contributed by atoms with Crippen molar-refractivity contribution in [2.24, 2.45) is 0 Å². The number of anilines is 1. The predicted octanol–water partition coefficient (Wildman–Crippen LogP) is 4.66. The zero-order valence-corrected chi connectivity index (χ0v) is 20.0. The third-order valence-corrected chi connectivity index (χ3v) is 6.01. The van der Waals surface area contributed by atoms with Crippen LogP contribution in [0.1, 0.15) is 27.5 Å². The van der Waals surface area contributed by atoms with Crippen LogP contribution in [0.5, 0.6) is 17.2 Å². The molecular formula is C25H23BrN2O5. The average Bonchev–Trinajstić information content (AvgIpc) is 2.98. The lowest BCUT2D eigenvalue weighted by atomic mass is 9.95. The molecule has 0 radical (unpaired) electrons. The number of carbonyl (C=O) groups excluding carboxylic acids is 2. The van der Waals surface area contributed by atoms with Gasteiger partial charge in [-0.1, -0.05) is 46.3 Å². The fourth-order valence-electron chi connectivity index (χ4n) is 4.01. The van der Waals surface area contributed by atoms with Gasteiger partial charge in [-0.05, 0) is 23.8 Å². The second kappa shape index (κ2) is 9.54. The Morgan fingerprint density at radius 2 is 1.61 bits per heavy atom. The second-order valence-corrected chi connectivity index (χ2v) is 8.35. The van der Waals surface area contributed by atoms with Gasteiger partial charge in [0, 0.05) is 27.9 Å². The highest BCUT2D eigenvalue weighted by molar-refractivity contribution is 9.10. The van der Waals surface area contributed by atoms with E-state index in [1.54, 1.807) is 17.0 Å². The normalized spacial score (nSPS) is 15.2. The van der Waals surface area contributed by atoms with Crippen LogP contribution in [0.3, 0.4) is 0 Å². The van der Waals surface area contributed by atoms with Gasteiger partial charge in [0.1, 0.15) is 12.3 Å². The zero-order valence-electron chi connectivity index (χ0n) is 18.4. The van der Waals surface area contributed by atoms with E-state index in [2.05, 4.69) is 21.2 Å². The first-order valence-corrected chi connectivity index (χ1v) is 11.0. The summed E-state index contributed by atoms with van der Waals surface area (Å²) in [6.07, 6.45) is 0. The first kappa shape index (κ1) is 22.7. The van der Waals surface area contributed by atoms with E-state index in [4.69, 9.17) is 14.2 Å². The maximum Gasteiger partial charge on any atom is 0.259 e. The SMILES string of the molecule is COc1cc(OC)c(C(=O)N2CC(=O)Nc3ccc(Br)cc3[C@@H]2c2ccccc2)cc1OC. The molecule has 170 valence electrons. The Bertz CT molecular complexity index is 1200. The molecule has 0 aliphatic carbocycles. The quantitative estimate of drug-likeness (QED) is 0.540. The van der Waals surface area contributed by atoms with E-state index >= 15 is 0 Å². The van der Waals surface area contributed by atoms with Crippen molar-refractivity contribution in [3.05, 3.63) is 81.8 Å². The summed E-state index contributed by atoms with van der Waals surface area (Å²) >= 11 is 3.52. The molecule has 4 rings (SSSR count). The summed E-state index contributed by atoms with van der Waals surface area (Å²) < 4.78 is 17.1. The van der Waals surface area contributed by atoms with Crippen molar-refractivity contribution in [2.45, 2.75) is 6.04 Å². The third-order valence-electron chi connectivity index (χ3n) is 5.52. The largest absolute Gasteiger partial charge is 0.496 e. The summed E-state index contributed by atoms with van der Waals surface area (Å²) in [7, 11) is 4.49. The summed E-state index contributed by atoms with van der Waals surface area (Å²) in [6, 6.07) is 17.9. The lowest BCUT2D eigenvalue weighted by Gasteiger charge is -2.31. The average molecular weight is 511 g/mol. The number of methoxy groups -OCH3 is 3. The van der Waals surface area contributed by atoms with Crippen molar-refractivity contribution < 1.29 is 23.8 Å². The van der Waals surface area contributed by atoms with Crippen LogP contribution in [0.25, 0.3) is 0 Å². The van der Waals surface area contributed by atoms with E-state index < -0.39 is 6.04 Å². The van der Waals surface area contributed by atoms with Gasteiger partial charge in [-0.25, -0.2) is 0 Å². The van der Waals surface area contributed by atoms with E-state index in [-0.39, 0.29) is 23.9 Å². The van der Waals surface area contributed by atoms with Gasteiger partial charge in [0.2, 0.25) is 5.91 Å². The van der Waals surface area contributed by atoms with Gasteiger partial charge < -0.3 is 24.4 Å². The molecule has 0 unspecified atom stereocenters. The molecular weight excluding hydrogens is 488 g/mol. The number of rotatable bonds is 5. The summed E-state index contributed by atoms with van der Waals surface area (Å²) in [5.41, 5.74) is 2.60. The van der Waals surface area contributed by atoms with E-state index in [0.717, 1.165) is 15.6 Å². The molecule has 0 spiro atoms. The maximum atomic E-state index is 14.0. The molecule has 1 aliphatic heterocycles. The molecule has 8 heteroatoms. The fourth-order valence-corrected chi connectivity index (χ4v) is 4.39. The summed E-state index contributed by atoms with van der Waals surface area (Å²) in [6.45, 7) is -0.137. The predicted molar refractivity (Wildman–Crippen MR) is 128 cm³/mol. The molecule has 0 bridgehead atoms. The molecule has 2 amide bonds. The molecule has 3 aromatic carbocycles. The lowest BCUT2D eigenvalue weighted by molar-refractivity contribution is -0.117.